The largest absolute Gasteiger partial charge is 0.496 e. The predicted molar refractivity (Wildman–Crippen MR) is 85.9 cm³/mol. The van der Waals surface area contributed by atoms with E-state index in [-0.39, 0.29) is 6.54 Å². The summed E-state index contributed by atoms with van der Waals surface area (Å²) in [6.07, 6.45) is -3.04. The van der Waals surface area contributed by atoms with Gasteiger partial charge in [0.05, 0.1) is 7.11 Å². The third-order valence-electron chi connectivity index (χ3n) is 2.73. The van der Waals surface area contributed by atoms with Gasteiger partial charge in [0, 0.05) is 16.6 Å². The molecule has 3 N–H and O–H groups in total. The molecule has 0 saturated carbocycles. The lowest BCUT2D eigenvalue weighted by atomic mass is 10.0. The first-order valence-corrected chi connectivity index (χ1v) is 7.59. The minimum Gasteiger partial charge on any atom is -0.496 e. The highest BCUT2D eigenvalue weighted by molar-refractivity contribution is 9.10. The van der Waals surface area contributed by atoms with Crippen LogP contribution in [0.15, 0.2) is 22.7 Å². The number of rotatable bonds is 5. The van der Waals surface area contributed by atoms with E-state index >= 15 is 0 Å². The number of halogens is 1. The summed E-state index contributed by atoms with van der Waals surface area (Å²) in [6, 6.07) is 5.06. The maximum Gasteiger partial charge on any atom is 0.407 e. The number of ether oxygens (including phenoxy) is 2. The highest BCUT2D eigenvalue weighted by atomic mass is 79.9. The van der Waals surface area contributed by atoms with E-state index in [1.807, 2.05) is 0 Å². The lowest BCUT2D eigenvalue weighted by molar-refractivity contribution is 0.0119. The van der Waals surface area contributed by atoms with Gasteiger partial charge in [-0.1, -0.05) is 22.0 Å². The van der Waals surface area contributed by atoms with Gasteiger partial charge in [-0.25, -0.2) is 4.79 Å². The Morgan fingerprint density at radius 3 is 2.55 bits per heavy atom. The number of methoxy groups -OCH3 is 1. The molecule has 22 heavy (non-hydrogen) atoms. The summed E-state index contributed by atoms with van der Waals surface area (Å²) in [7, 11) is 1.48. The summed E-state index contributed by atoms with van der Waals surface area (Å²) in [5.74, 6) is 0.443. The molecule has 0 aromatic heterocycles. The number of aliphatic hydroxyl groups excluding tert-OH is 2. The normalized spacial score (nSPS) is 14.1. The molecule has 2 unspecified atom stereocenters. The van der Waals surface area contributed by atoms with Gasteiger partial charge in [-0.2, -0.15) is 0 Å². The quantitative estimate of drug-likeness (QED) is 0.735. The van der Waals surface area contributed by atoms with E-state index in [1.54, 1.807) is 39.0 Å². The Bertz CT molecular complexity index is 515. The Morgan fingerprint density at radius 2 is 2.00 bits per heavy atom. The highest BCUT2D eigenvalue weighted by Gasteiger charge is 2.23. The second kappa shape index (κ2) is 7.80. The SMILES string of the molecule is COc1cc(Br)ccc1C(O)C(O)CNC(=O)OC(C)(C)C. The van der Waals surface area contributed by atoms with Crippen LogP contribution < -0.4 is 10.1 Å². The summed E-state index contributed by atoms with van der Waals surface area (Å²) in [5.41, 5.74) is -0.188. The van der Waals surface area contributed by atoms with Crippen molar-refractivity contribution in [3.05, 3.63) is 28.2 Å². The zero-order valence-electron chi connectivity index (χ0n) is 13.1. The number of carbonyl (C=O) groups is 1. The van der Waals surface area contributed by atoms with E-state index < -0.39 is 23.9 Å². The summed E-state index contributed by atoms with van der Waals surface area (Å²) in [6.45, 7) is 5.08. The standard InChI is InChI=1S/C15H22BrNO5/c1-15(2,3)22-14(20)17-8-11(18)13(19)10-6-5-9(16)7-12(10)21-4/h5-7,11,13,18-19H,8H2,1-4H3,(H,17,20). The second-order valence-corrected chi connectivity index (χ2v) is 6.70. The van der Waals surface area contributed by atoms with Gasteiger partial charge in [-0.15, -0.1) is 0 Å². The molecule has 1 rings (SSSR count). The molecule has 0 radical (unpaired) electrons. The Kier molecular flexibility index (Phi) is 6.65. The van der Waals surface area contributed by atoms with Crippen molar-refractivity contribution in [2.24, 2.45) is 0 Å². The minimum atomic E-state index is -1.20. The van der Waals surface area contributed by atoms with Crippen LogP contribution in [0.25, 0.3) is 0 Å². The van der Waals surface area contributed by atoms with E-state index in [4.69, 9.17) is 9.47 Å². The van der Waals surface area contributed by atoms with Gasteiger partial charge < -0.3 is 25.0 Å². The van der Waals surface area contributed by atoms with Crippen molar-refractivity contribution in [1.29, 1.82) is 0 Å². The number of amides is 1. The number of hydrogen-bond acceptors (Lipinski definition) is 5. The Morgan fingerprint density at radius 1 is 1.36 bits per heavy atom. The highest BCUT2D eigenvalue weighted by Crippen LogP contribution is 2.30. The topological polar surface area (TPSA) is 88.0 Å². The molecule has 1 aromatic carbocycles. The fraction of sp³-hybridized carbons (Fsp3) is 0.533. The summed E-state index contributed by atoms with van der Waals surface area (Å²) >= 11 is 3.30. The predicted octanol–water partition coefficient (Wildman–Crippen LogP) is 2.38. The van der Waals surface area contributed by atoms with Crippen LogP contribution in [-0.2, 0) is 4.74 Å². The molecule has 7 heteroatoms. The third-order valence-corrected chi connectivity index (χ3v) is 3.23. The third kappa shape index (κ3) is 5.82. The molecule has 0 aliphatic carbocycles. The van der Waals surface area contributed by atoms with Gasteiger partial charge in [0.15, 0.2) is 0 Å². The molecule has 0 bridgehead atoms. The number of nitrogens with one attached hydrogen (secondary N) is 1. The molecule has 0 aliphatic heterocycles. The van der Waals surface area contributed by atoms with Crippen LogP contribution in [0.1, 0.15) is 32.4 Å². The average molecular weight is 376 g/mol. The molecule has 0 heterocycles. The smallest absolute Gasteiger partial charge is 0.407 e. The number of benzene rings is 1. The van der Waals surface area contributed by atoms with Crippen LogP contribution in [0.4, 0.5) is 4.79 Å². The van der Waals surface area contributed by atoms with E-state index in [0.717, 1.165) is 4.47 Å². The molecule has 1 amide bonds. The van der Waals surface area contributed by atoms with Gasteiger partial charge in [-0.3, -0.25) is 0 Å². The lowest BCUT2D eigenvalue weighted by Gasteiger charge is -2.23. The molecule has 2 atom stereocenters. The molecule has 0 spiro atoms. The van der Waals surface area contributed by atoms with Gasteiger partial charge >= 0.3 is 6.09 Å². The van der Waals surface area contributed by atoms with E-state index in [1.165, 1.54) is 7.11 Å². The number of aliphatic hydroxyl groups is 2. The van der Waals surface area contributed by atoms with Crippen molar-refractivity contribution in [2.45, 2.75) is 38.6 Å². The Balaban J connectivity index is 2.66. The van der Waals surface area contributed by atoms with Crippen LogP contribution in [0.2, 0.25) is 0 Å². The molecule has 0 saturated heterocycles. The lowest BCUT2D eigenvalue weighted by Crippen LogP contribution is -2.38. The van der Waals surface area contributed by atoms with Gasteiger partial charge in [0.2, 0.25) is 0 Å². The summed E-state index contributed by atoms with van der Waals surface area (Å²) in [4.78, 5) is 11.5. The molecular formula is C15H22BrNO5. The molecule has 0 aliphatic rings. The first-order valence-electron chi connectivity index (χ1n) is 6.80. The van der Waals surface area contributed by atoms with Crippen LogP contribution in [0.3, 0.4) is 0 Å². The van der Waals surface area contributed by atoms with Crippen LogP contribution in [0, 0.1) is 0 Å². The maximum absolute atomic E-state index is 11.5. The molecular weight excluding hydrogens is 354 g/mol. The van der Waals surface area contributed by atoms with Crippen LogP contribution in [0.5, 0.6) is 5.75 Å². The first kappa shape index (κ1) is 18.7. The number of hydrogen-bond donors (Lipinski definition) is 3. The maximum atomic E-state index is 11.5. The Hall–Kier alpha value is -1.31. The zero-order valence-corrected chi connectivity index (χ0v) is 14.7. The Labute approximate surface area is 138 Å². The monoisotopic (exact) mass is 375 g/mol. The van der Waals surface area contributed by atoms with Crippen molar-refractivity contribution in [2.75, 3.05) is 13.7 Å². The van der Waals surface area contributed by atoms with Crippen molar-refractivity contribution in [3.8, 4) is 5.75 Å². The van der Waals surface area contributed by atoms with Gasteiger partial charge in [0.25, 0.3) is 0 Å². The molecule has 0 fully saturated rings. The minimum absolute atomic E-state index is 0.144. The summed E-state index contributed by atoms with van der Waals surface area (Å²) < 4.78 is 11.0. The van der Waals surface area contributed by atoms with Gasteiger partial charge in [-0.05, 0) is 32.9 Å². The fourth-order valence-corrected chi connectivity index (χ4v) is 2.09. The first-order chi connectivity index (χ1) is 10.1. The fourth-order valence-electron chi connectivity index (χ4n) is 1.75. The van der Waals surface area contributed by atoms with Crippen LogP contribution >= 0.6 is 15.9 Å². The van der Waals surface area contributed by atoms with Crippen molar-refractivity contribution in [1.82, 2.24) is 5.32 Å². The second-order valence-electron chi connectivity index (χ2n) is 5.78. The average Bonchev–Trinajstić information content (AvgIpc) is 2.42. The molecule has 124 valence electrons. The summed E-state index contributed by atoms with van der Waals surface area (Å²) in [5, 5.41) is 22.6. The van der Waals surface area contributed by atoms with Crippen molar-refractivity contribution in [3.63, 3.8) is 0 Å². The van der Waals surface area contributed by atoms with Gasteiger partial charge in [0.1, 0.15) is 23.6 Å². The van der Waals surface area contributed by atoms with Crippen LogP contribution in [-0.4, -0.2) is 41.7 Å². The molecule has 1 aromatic rings. The van der Waals surface area contributed by atoms with E-state index in [2.05, 4.69) is 21.2 Å². The zero-order chi connectivity index (χ0) is 16.9. The van der Waals surface area contributed by atoms with Crippen molar-refractivity contribution < 1.29 is 24.5 Å². The number of carbonyl (C=O) groups excluding carboxylic acids is 1. The van der Waals surface area contributed by atoms with Crippen molar-refractivity contribution >= 4 is 22.0 Å². The van der Waals surface area contributed by atoms with E-state index in [0.29, 0.717) is 11.3 Å². The number of alkyl carbamates (subject to hydrolysis) is 1. The molecule has 6 nitrogen and oxygen atoms in total. The van der Waals surface area contributed by atoms with E-state index in [9.17, 15) is 15.0 Å².